The van der Waals surface area contributed by atoms with Gasteiger partial charge in [-0.1, -0.05) is 63.8 Å². The summed E-state index contributed by atoms with van der Waals surface area (Å²) in [6.45, 7) is 3.87. The summed E-state index contributed by atoms with van der Waals surface area (Å²) in [6, 6.07) is 11.5. The molecule has 2 unspecified atom stereocenters. The summed E-state index contributed by atoms with van der Waals surface area (Å²) < 4.78 is 66.6. The Bertz CT molecular complexity index is 936. The fraction of sp³-hybridized carbons (Fsp3) is 0.455. The second kappa shape index (κ2) is 15.2. The zero-order valence-electron chi connectivity index (χ0n) is 18.9. The molecule has 2 rings (SSSR count). The van der Waals surface area contributed by atoms with Crippen molar-refractivity contribution < 1.29 is 36.2 Å². The molecule has 0 aliphatic rings. The molecule has 0 aliphatic carbocycles. The Morgan fingerprint density at radius 2 is 0.939 bits per heavy atom. The molecular formula is C22H30CaO8S2. The number of hydrogen-bond acceptors (Lipinski definition) is 8. The zero-order valence-corrected chi connectivity index (χ0v) is 22.7. The molecule has 0 fully saturated rings. The van der Waals surface area contributed by atoms with Gasteiger partial charge in [0.1, 0.15) is 31.7 Å². The maximum absolute atomic E-state index is 11.1. The predicted octanol–water partition coefficient (Wildman–Crippen LogP) is 3.96. The number of phenolic OH excluding ortho intramolecular Hbond substituents is 2. The molecule has 2 aromatic rings. The molecule has 8 nitrogen and oxygen atoms in total. The molecule has 2 atom stereocenters. The minimum Gasteiger partial charge on any atom is -0.747 e. The Labute approximate surface area is 226 Å². The van der Waals surface area contributed by atoms with Crippen molar-refractivity contribution >= 4 is 58.0 Å². The summed E-state index contributed by atoms with van der Waals surface area (Å²) >= 11 is 0. The molecule has 0 aliphatic heterocycles. The Morgan fingerprint density at radius 3 is 1.15 bits per heavy atom. The van der Waals surface area contributed by atoms with Crippen molar-refractivity contribution in [1.29, 1.82) is 0 Å². The summed E-state index contributed by atoms with van der Waals surface area (Å²) in [7, 11) is -8.67. The van der Waals surface area contributed by atoms with Crippen molar-refractivity contribution in [1.82, 2.24) is 0 Å². The maximum Gasteiger partial charge on any atom is 2.00 e. The van der Waals surface area contributed by atoms with Gasteiger partial charge in [-0.15, -0.1) is 0 Å². The average molecular weight is 527 g/mol. The van der Waals surface area contributed by atoms with Crippen LogP contribution < -0.4 is 0 Å². The molecule has 0 heterocycles. The Kier molecular flexibility index (Phi) is 14.8. The van der Waals surface area contributed by atoms with E-state index in [-0.39, 0.29) is 49.2 Å². The summed E-state index contributed by atoms with van der Waals surface area (Å²) in [5, 5.41) is 16.2. The Hall–Kier alpha value is -0.880. The van der Waals surface area contributed by atoms with Gasteiger partial charge < -0.3 is 19.3 Å². The number of unbranched alkanes of at least 4 members (excludes halogenated alkanes) is 2. The van der Waals surface area contributed by atoms with E-state index in [2.05, 4.69) is 0 Å². The molecule has 0 saturated heterocycles. The van der Waals surface area contributed by atoms with E-state index in [0.717, 1.165) is 12.8 Å². The monoisotopic (exact) mass is 526 g/mol. The third kappa shape index (κ3) is 11.9. The summed E-state index contributed by atoms with van der Waals surface area (Å²) in [4.78, 5) is 0. The molecule has 180 valence electrons. The first kappa shape index (κ1) is 32.1. The van der Waals surface area contributed by atoms with E-state index >= 15 is 0 Å². The molecule has 0 radical (unpaired) electrons. The fourth-order valence-electron chi connectivity index (χ4n) is 3.11. The maximum atomic E-state index is 11.1. The van der Waals surface area contributed by atoms with E-state index in [9.17, 15) is 25.9 Å². The second-order valence-electron chi connectivity index (χ2n) is 7.43. The van der Waals surface area contributed by atoms with Crippen LogP contribution in [0.5, 0.6) is 11.5 Å². The van der Waals surface area contributed by atoms with Crippen molar-refractivity contribution in [2.75, 3.05) is 0 Å². The van der Waals surface area contributed by atoms with Crippen LogP contribution in [0.3, 0.4) is 0 Å². The number of aromatic hydroxyl groups is 2. The first-order valence-electron chi connectivity index (χ1n) is 10.4. The zero-order chi connectivity index (χ0) is 24.4. The van der Waals surface area contributed by atoms with Gasteiger partial charge in [-0.05, 0) is 48.2 Å². The molecule has 2 aromatic carbocycles. The van der Waals surface area contributed by atoms with E-state index in [1.807, 2.05) is 13.8 Å². The van der Waals surface area contributed by atoms with Gasteiger partial charge in [0.25, 0.3) is 0 Å². The predicted molar refractivity (Wildman–Crippen MR) is 126 cm³/mol. The van der Waals surface area contributed by atoms with Gasteiger partial charge >= 0.3 is 37.7 Å². The van der Waals surface area contributed by atoms with Crippen molar-refractivity contribution in [2.45, 2.75) is 62.9 Å². The van der Waals surface area contributed by atoms with E-state index in [1.165, 1.54) is 48.5 Å². The number of hydrogen-bond donors (Lipinski definition) is 2. The standard InChI is InChI=1S/2C11H16O4S.Ca/c2*1-2-3-4-11(16(13,14)15)9-5-7-10(12)8-6-9;/h2*5-8,11-12H,2-4H2,1H3,(H,13,14,15);/q;;+2/p-2. The van der Waals surface area contributed by atoms with Crippen molar-refractivity contribution in [3.05, 3.63) is 59.7 Å². The van der Waals surface area contributed by atoms with Gasteiger partial charge in [0.05, 0.1) is 10.5 Å². The van der Waals surface area contributed by atoms with Crippen LogP contribution >= 0.6 is 0 Å². The molecular weight excluding hydrogens is 496 g/mol. The number of benzene rings is 2. The smallest absolute Gasteiger partial charge is 0.747 e. The van der Waals surface area contributed by atoms with Crippen molar-refractivity contribution in [3.63, 3.8) is 0 Å². The van der Waals surface area contributed by atoms with Gasteiger partial charge in [-0.3, -0.25) is 0 Å². The largest absolute Gasteiger partial charge is 2.00 e. The van der Waals surface area contributed by atoms with E-state index in [4.69, 9.17) is 10.2 Å². The second-order valence-corrected chi connectivity index (χ2v) is 10.5. The van der Waals surface area contributed by atoms with Gasteiger partial charge in [-0.25, -0.2) is 16.8 Å². The van der Waals surface area contributed by atoms with Crippen LogP contribution in [0.25, 0.3) is 0 Å². The molecule has 0 saturated carbocycles. The third-order valence-electron chi connectivity index (χ3n) is 4.87. The van der Waals surface area contributed by atoms with Crippen LogP contribution in [0.2, 0.25) is 0 Å². The summed E-state index contributed by atoms with van der Waals surface area (Å²) in [5.74, 6) is 0.113. The fourth-order valence-corrected chi connectivity index (χ4v) is 5.00. The molecule has 0 amide bonds. The van der Waals surface area contributed by atoms with Crippen LogP contribution in [-0.2, 0) is 20.2 Å². The molecule has 11 heteroatoms. The topological polar surface area (TPSA) is 155 Å². The van der Waals surface area contributed by atoms with Gasteiger partial charge in [-0.2, -0.15) is 0 Å². The average Bonchev–Trinajstić information content (AvgIpc) is 2.70. The van der Waals surface area contributed by atoms with Crippen molar-refractivity contribution in [3.8, 4) is 11.5 Å². The molecule has 0 bridgehead atoms. The molecule has 0 aromatic heterocycles. The van der Waals surface area contributed by atoms with Crippen LogP contribution in [0.4, 0.5) is 0 Å². The van der Waals surface area contributed by atoms with E-state index in [0.29, 0.717) is 36.8 Å². The number of rotatable bonds is 10. The third-order valence-corrected chi connectivity index (χ3v) is 7.28. The normalized spacial score (nSPS) is 13.2. The summed E-state index contributed by atoms with van der Waals surface area (Å²) in [5.41, 5.74) is 0.891. The van der Waals surface area contributed by atoms with Gasteiger partial charge in [0.15, 0.2) is 0 Å². The summed E-state index contributed by atoms with van der Waals surface area (Å²) in [6.07, 6.45) is 3.70. The Morgan fingerprint density at radius 1 is 0.667 bits per heavy atom. The SMILES string of the molecule is CCCCC(c1ccc(O)cc1)S(=O)(=O)[O-].CCCCC(c1ccc(O)cc1)S(=O)(=O)[O-].[Ca+2]. The number of phenols is 2. The molecule has 33 heavy (non-hydrogen) atoms. The Balaban J connectivity index is 0.000000602. The molecule has 2 N–H and O–H groups in total. The quantitative estimate of drug-likeness (QED) is 0.348. The van der Waals surface area contributed by atoms with Crippen LogP contribution in [0, 0.1) is 0 Å². The first-order chi connectivity index (χ1) is 14.9. The van der Waals surface area contributed by atoms with Crippen LogP contribution in [0.1, 0.15) is 74.0 Å². The minimum absolute atomic E-state index is 0. The van der Waals surface area contributed by atoms with E-state index in [1.54, 1.807) is 0 Å². The van der Waals surface area contributed by atoms with Crippen LogP contribution in [0.15, 0.2) is 48.5 Å². The van der Waals surface area contributed by atoms with E-state index < -0.39 is 30.7 Å². The van der Waals surface area contributed by atoms with Crippen LogP contribution in [-0.4, -0.2) is 73.9 Å². The van der Waals surface area contributed by atoms with Gasteiger partial charge in [0.2, 0.25) is 0 Å². The van der Waals surface area contributed by atoms with Gasteiger partial charge in [0, 0.05) is 0 Å². The molecule has 0 spiro atoms. The van der Waals surface area contributed by atoms with Crippen molar-refractivity contribution in [2.24, 2.45) is 0 Å². The first-order valence-corrected chi connectivity index (χ1v) is 13.3. The minimum atomic E-state index is -4.33.